The maximum Gasteiger partial charge on any atom is 0.433 e. The van der Waals surface area contributed by atoms with Gasteiger partial charge in [-0.05, 0) is 43.5 Å². The fourth-order valence-electron chi connectivity index (χ4n) is 4.18. The molecule has 3 heterocycles. The van der Waals surface area contributed by atoms with Crippen molar-refractivity contribution in [3.63, 3.8) is 0 Å². The number of hydrogen-bond acceptors (Lipinski definition) is 5. The van der Waals surface area contributed by atoms with E-state index >= 15 is 0 Å². The second-order valence-corrected chi connectivity index (χ2v) is 7.84. The van der Waals surface area contributed by atoms with Crippen LogP contribution in [0.1, 0.15) is 25.0 Å². The molecule has 2 aliphatic heterocycles. The predicted octanol–water partition coefficient (Wildman–Crippen LogP) is 3.25. The van der Waals surface area contributed by atoms with Gasteiger partial charge in [-0.2, -0.15) is 18.4 Å². The van der Waals surface area contributed by atoms with E-state index < -0.39 is 11.9 Å². The molecular weight excluding hydrogens is 395 g/mol. The molecule has 1 N–H and O–H groups in total. The van der Waals surface area contributed by atoms with Crippen molar-refractivity contribution in [2.45, 2.75) is 37.5 Å². The summed E-state index contributed by atoms with van der Waals surface area (Å²) in [5.74, 6) is -0.00283. The molecule has 1 amide bonds. The largest absolute Gasteiger partial charge is 0.433 e. The lowest BCUT2D eigenvalue weighted by Gasteiger charge is -2.23. The number of amides is 1. The summed E-state index contributed by atoms with van der Waals surface area (Å²) in [5, 5.41) is 13.2. The predicted molar refractivity (Wildman–Crippen MR) is 106 cm³/mol. The van der Waals surface area contributed by atoms with E-state index in [1.807, 2.05) is 0 Å². The normalized spacial score (nSPS) is 22.4. The molecule has 4 rings (SSSR count). The molecule has 2 fully saturated rings. The van der Waals surface area contributed by atoms with Gasteiger partial charge in [0.1, 0.15) is 11.7 Å². The summed E-state index contributed by atoms with van der Waals surface area (Å²) < 4.78 is 38.4. The highest BCUT2D eigenvalue weighted by molar-refractivity contribution is 5.82. The molecule has 0 aliphatic carbocycles. The number of fused-ring (bicyclic) bond motifs is 1. The number of hydrogen-bond donors (Lipinski definition) is 1. The van der Waals surface area contributed by atoms with E-state index in [2.05, 4.69) is 21.3 Å². The van der Waals surface area contributed by atoms with E-state index in [1.54, 1.807) is 23.1 Å². The number of rotatable bonds is 4. The van der Waals surface area contributed by atoms with Gasteiger partial charge in [-0.3, -0.25) is 9.69 Å². The average Bonchev–Trinajstić information content (AvgIpc) is 3.36. The number of carbonyl (C=O) groups is 1. The van der Waals surface area contributed by atoms with Crippen LogP contribution in [0, 0.1) is 11.3 Å². The molecule has 0 saturated carbocycles. The highest BCUT2D eigenvalue weighted by atomic mass is 19.4. The van der Waals surface area contributed by atoms with Crippen LogP contribution in [0.25, 0.3) is 10.9 Å². The Balaban J connectivity index is 1.35. The number of likely N-dealkylation sites (tertiary alicyclic amines) is 2. The number of pyridine rings is 1. The highest BCUT2D eigenvalue weighted by Crippen LogP contribution is 2.30. The van der Waals surface area contributed by atoms with Gasteiger partial charge in [0.05, 0.1) is 18.1 Å². The summed E-state index contributed by atoms with van der Waals surface area (Å²) >= 11 is 0. The summed E-state index contributed by atoms with van der Waals surface area (Å²) in [6, 6.07) is 9.54. The quantitative estimate of drug-likeness (QED) is 0.827. The second-order valence-electron chi connectivity index (χ2n) is 7.84. The Morgan fingerprint density at radius 3 is 2.83 bits per heavy atom. The van der Waals surface area contributed by atoms with Gasteiger partial charge in [-0.1, -0.05) is 6.07 Å². The van der Waals surface area contributed by atoms with E-state index in [0.717, 1.165) is 37.6 Å². The lowest BCUT2D eigenvalue weighted by atomic mass is 10.1. The van der Waals surface area contributed by atoms with Crippen LogP contribution in [-0.4, -0.2) is 59.0 Å². The van der Waals surface area contributed by atoms with Crippen LogP contribution in [0.5, 0.6) is 0 Å². The molecule has 2 aromatic rings. The van der Waals surface area contributed by atoms with E-state index in [4.69, 9.17) is 5.26 Å². The van der Waals surface area contributed by atoms with Crippen molar-refractivity contribution in [3.8, 4) is 6.07 Å². The van der Waals surface area contributed by atoms with Crippen molar-refractivity contribution in [2.75, 3.05) is 31.5 Å². The number of nitrogens with one attached hydrogen (secondary N) is 1. The van der Waals surface area contributed by atoms with Gasteiger partial charge in [0.25, 0.3) is 0 Å². The molecule has 6 nitrogen and oxygen atoms in total. The number of benzene rings is 1. The van der Waals surface area contributed by atoms with Gasteiger partial charge in [0, 0.05) is 36.7 Å². The SMILES string of the molecule is N#C[C@@H]1CCCN1C(=O)CN1CC[C@@H](Nc2ccc3nc(C(F)(F)F)ccc3c2)C1. The van der Waals surface area contributed by atoms with Crippen molar-refractivity contribution in [2.24, 2.45) is 0 Å². The number of nitriles is 1. The molecule has 0 spiro atoms. The average molecular weight is 417 g/mol. The maximum absolute atomic E-state index is 12.8. The Morgan fingerprint density at radius 2 is 2.07 bits per heavy atom. The van der Waals surface area contributed by atoms with Crippen LogP contribution in [-0.2, 0) is 11.0 Å². The van der Waals surface area contributed by atoms with Crippen molar-refractivity contribution in [1.29, 1.82) is 5.26 Å². The van der Waals surface area contributed by atoms with Gasteiger partial charge >= 0.3 is 6.18 Å². The Labute approximate surface area is 172 Å². The molecule has 2 atom stereocenters. The van der Waals surface area contributed by atoms with E-state index in [-0.39, 0.29) is 18.0 Å². The third-order valence-electron chi connectivity index (χ3n) is 5.70. The minimum atomic E-state index is -4.46. The number of alkyl halides is 3. The molecule has 2 saturated heterocycles. The zero-order valence-corrected chi connectivity index (χ0v) is 16.3. The Hall–Kier alpha value is -2.86. The number of nitrogens with zero attached hydrogens (tertiary/aromatic N) is 4. The standard InChI is InChI=1S/C21H22F3N5O/c22-21(23,24)19-6-3-14-10-15(4-5-18(14)27-19)26-16-7-9-28(12-16)13-20(30)29-8-1-2-17(29)11-25/h3-6,10,16-17,26H,1-2,7-9,12-13H2/t16-,17+/m1/s1. The summed E-state index contributed by atoms with van der Waals surface area (Å²) in [6.07, 6.45) is -1.99. The number of carbonyl (C=O) groups excluding carboxylic acids is 1. The van der Waals surface area contributed by atoms with E-state index in [9.17, 15) is 18.0 Å². The third-order valence-corrected chi connectivity index (χ3v) is 5.70. The number of anilines is 1. The molecule has 9 heteroatoms. The van der Waals surface area contributed by atoms with Gasteiger partial charge < -0.3 is 10.2 Å². The van der Waals surface area contributed by atoms with Crippen molar-refractivity contribution in [1.82, 2.24) is 14.8 Å². The number of aromatic nitrogens is 1. The first kappa shape index (κ1) is 20.4. The summed E-state index contributed by atoms with van der Waals surface area (Å²) in [4.78, 5) is 19.9. The molecular formula is C21H22F3N5O. The van der Waals surface area contributed by atoms with Gasteiger partial charge in [-0.15, -0.1) is 0 Å². The minimum Gasteiger partial charge on any atom is -0.381 e. The van der Waals surface area contributed by atoms with E-state index in [1.165, 1.54) is 6.07 Å². The molecule has 30 heavy (non-hydrogen) atoms. The molecule has 0 unspecified atom stereocenters. The highest BCUT2D eigenvalue weighted by Gasteiger charge is 2.33. The first-order chi connectivity index (χ1) is 14.3. The molecule has 2 aliphatic rings. The molecule has 0 bridgehead atoms. The Morgan fingerprint density at radius 1 is 1.23 bits per heavy atom. The fourth-order valence-corrected chi connectivity index (χ4v) is 4.18. The van der Waals surface area contributed by atoms with Gasteiger partial charge in [0.2, 0.25) is 5.91 Å². The summed E-state index contributed by atoms with van der Waals surface area (Å²) in [6.45, 7) is 2.42. The molecule has 1 aromatic heterocycles. The number of halogens is 3. The molecule has 0 radical (unpaired) electrons. The monoisotopic (exact) mass is 417 g/mol. The Kier molecular flexibility index (Phi) is 5.52. The van der Waals surface area contributed by atoms with Crippen molar-refractivity contribution in [3.05, 3.63) is 36.0 Å². The second kappa shape index (κ2) is 8.11. The zero-order valence-electron chi connectivity index (χ0n) is 16.3. The third kappa shape index (κ3) is 4.33. The van der Waals surface area contributed by atoms with Crippen LogP contribution < -0.4 is 5.32 Å². The van der Waals surface area contributed by atoms with Crippen molar-refractivity contribution >= 4 is 22.5 Å². The zero-order chi connectivity index (χ0) is 21.3. The molecule has 158 valence electrons. The first-order valence-corrected chi connectivity index (χ1v) is 9.99. The van der Waals surface area contributed by atoms with Gasteiger partial charge in [-0.25, -0.2) is 4.98 Å². The first-order valence-electron chi connectivity index (χ1n) is 9.99. The van der Waals surface area contributed by atoms with Crippen LogP contribution in [0.3, 0.4) is 0 Å². The minimum absolute atomic E-state index is 0.00283. The van der Waals surface area contributed by atoms with Crippen LogP contribution in [0.2, 0.25) is 0 Å². The van der Waals surface area contributed by atoms with Crippen LogP contribution in [0.15, 0.2) is 30.3 Å². The summed E-state index contributed by atoms with van der Waals surface area (Å²) in [5.41, 5.74) is 0.210. The van der Waals surface area contributed by atoms with Crippen LogP contribution in [0.4, 0.5) is 18.9 Å². The lowest BCUT2D eigenvalue weighted by molar-refractivity contribution is -0.141. The summed E-state index contributed by atoms with van der Waals surface area (Å²) in [7, 11) is 0. The Bertz CT molecular complexity index is 987. The maximum atomic E-state index is 12.8. The topological polar surface area (TPSA) is 72.3 Å². The van der Waals surface area contributed by atoms with Crippen LogP contribution >= 0.6 is 0 Å². The van der Waals surface area contributed by atoms with Gasteiger partial charge in [0.15, 0.2) is 0 Å². The van der Waals surface area contributed by atoms with E-state index in [0.29, 0.717) is 30.5 Å². The molecule has 1 aromatic carbocycles. The lowest BCUT2D eigenvalue weighted by Crippen LogP contribution is -2.42. The van der Waals surface area contributed by atoms with Crippen molar-refractivity contribution < 1.29 is 18.0 Å². The smallest absolute Gasteiger partial charge is 0.381 e. The fraction of sp³-hybridized carbons (Fsp3) is 0.476.